The van der Waals surface area contributed by atoms with E-state index in [1.807, 2.05) is 6.07 Å². The summed E-state index contributed by atoms with van der Waals surface area (Å²) in [6.07, 6.45) is -4.28. The molecule has 0 rings (SSSR count). The second kappa shape index (κ2) is 5.78. The second-order valence-corrected chi connectivity index (χ2v) is 2.47. The van der Waals surface area contributed by atoms with Crippen LogP contribution in [-0.2, 0) is 4.74 Å². The van der Waals surface area contributed by atoms with Gasteiger partial charge >= 0.3 is 6.18 Å². The van der Waals surface area contributed by atoms with Gasteiger partial charge in [0.05, 0.1) is 18.7 Å². The molecule has 0 heterocycles. The predicted octanol–water partition coefficient (Wildman–Crippen LogP) is 1.07. The molecule has 0 aliphatic heterocycles. The van der Waals surface area contributed by atoms with Crippen molar-refractivity contribution in [2.24, 2.45) is 0 Å². The largest absolute Gasteiger partial charge is 0.411 e. The van der Waals surface area contributed by atoms with Gasteiger partial charge in [-0.1, -0.05) is 0 Å². The van der Waals surface area contributed by atoms with Gasteiger partial charge < -0.3 is 4.74 Å². The van der Waals surface area contributed by atoms with Crippen molar-refractivity contribution >= 4 is 0 Å². The highest BCUT2D eigenvalue weighted by Gasteiger charge is 2.27. The zero-order valence-electron chi connectivity index (χ0n) is 7.19. The van der Waals surface area contributed by atoms with Crippen molar-refractivity contribution in [1.29, 1.82) is 5.26 Å². The summed E-state index contributed by atoms with van der Waals surface area (Å²) >= 11 is 0. The number of hydrogen-bond acceptors (Lipinski definition) is 3. The Morgan fingerprint density at radius 1 is 1.54 bits per heavy atom. The lowest BCUT2D eigenvalue weighted by molar-refractivity contribution is -0.173. The van der Waals surface area contributed by atoms with Gasteiger partial charge in [-0.25, -0.2) is 0 Å². The molecule has 0 aromatic heterocycles. The lowest BCUT2D eigenvalue weighted by Gasteiger charge is -2.08. The fourth-order valence-corrected chi connectivity index (χ4v) is 0.581. The Labute approximate surface area is 74.5 Å². The Morgan fingerprint density at radius 3 is 2.62 bits per heavy atom. The lowest BCUT2D eigenvalue weighted by Crippen LogP contribution is -2.29. The van der Waals surface area contributed by atoms with Gasteiger partial charge in [-0.05, 0) is 6.92 Å². The van der Waals surface area contributed by atoms with Crippen molar-refractivity contribution in [3.05, 3.63) is 0 Å². The number of nitrogens with zero attached hydrogens (tertiary/aromatic N) is 1. The number of alkyl halides is 3. The van der Waals surface area contributed by atoms with Crippen LogP contribution in [0, 0.1) is 11.3 Å². The summed E-state index contributed by atoms with van der Waals surface area (Å²) in [5, 5.41) is 11.0. The van der Waals surface area contributed by atoms with Crippen LogP contribution in [0.25, 0.3) is 0 Å². The second-order valence-electron chi connectivity index (χ2n) is 2.47. The first-order valence-corrected chi connectivity index (χ1v) is 3.73. The summed E-state index contributed by atoms with van der Waals surface area (Å²) < 4.78 is 38.8. The molecular formula is C7H11F3N2O. The Hall–Kier alpha value is -0.800. The van der Waals surface area contributed by atoms with Gasteiger partial charge in [0.15, 0.2) is 0 Å². The van der Waals surface area contributed by atoms with E-state index < -0.39 is 12.8 Å². The molecule has 13 heavy (non-hydrogen) atoms. The molecule has 6 heteroatoms. The van der Waals surface area contributed by atoms with Gasteiger partial charge in [0.25, 0.3) is 0 Å². The highest BCUT2D eigenvalue weighted by atomic mass is 19.4. The number of halogens is 3. The highest BCUT2D eigenvalue weighted by molar-refractivity contribution is 4.84. The van der Waals surface area contributed by atoms with Gasteiger partial charge in [0, 0.05) is 6.54 Å². The third-order valence-corrected chi connectivity index (χ3v) is 1.16. The van der Waals surface area contributed by atoms with E-state index >= 15 is 0 Å². The van der Waals surface area contributed by atoms with Crippen LogP contribution in [0.3, 0.4) is 0 Å². The molecule has 1 unspecified atom stereocenters. The van der Waals surface area contributed by atoms with Crippen molar-refractivity contribution in [2.45, 2.75) is 19.1 Å². The molecule has 0 bridgehead atoms. The topological polar surface area (TPSA) is 45.0 Å². The molecule has 0 saturated carbocycles. The monoisotopic (exact) mass is 196 g/mol. The smallest absolute Gasteiger partial charge is 0.371 e. The van der Waals surface area contributed by atoms with E-state index in [1.165, 1.54) is 0 Å². The van der Waals surface area contributed by atoms with E-state index in [0.717, 1.165) is 0 Å². The van der Waals surface area contributed by atoms with Crippen molar-refractivity contribution in [3.8, 4) is 6.07 Å². The van der Waals surface area contributed by atoms with Crippen LogP contribution in [0.5, 0.6) is 0 Å². The quantitative estimate of drug-likeness (QED) is 0.669. The van der Waals surface area contributed by atoms with Gasteiger partial charge in [-0.15, -0.1) is 0 Å². The molecule has 76 valence electrons. The molecular weight excluding hydrogens is 185 g/mol. The Bertz CT molecular complexity index is 176. The number of rotatable bonds is 5. The van der Waals surface area contributed by atoms with Crippen molar-refractivity contribution in [3.63, 3.8) is 0 Å². The summed E-state index contributed by atoms with van der Waals surface area (Å²) in [5.74, 6) is 0. The number of hydrogen-bond donors (Lipinski definition) is 1. The zero-order valence-corrected chi connectivity index (χ0v) is 7.19. The van der Waals surface area contributed by atoms with E-state index in [2.05, 4.69) is 10.1 Å². The first-order chi connectivity index (χ1) is 5.95. The third-order valence-electron chi connectivity index (χ3n) is 1.16. The summed E-state index contributed by atoms with van der Waals surface area (Å²) in [5.41, 5.74) is 0. The molecule has 3 nitrogen and oxygen atoms in total. The number of nitriles is 1. The molecule has 1 N–H and O–H groups in total. The molecule has 0 aliphatic rings. The van der Waals surface area contributed by atoms with E-state index in [4.69, 9.17) is 5.26 Å². The van der Waals surface area contributed by atoms with E-state index in [-0.39, 0.29) is 19.2 Å². The molecule has 0 aliphatic carbocycles. The van der Waals surface area contributed by atoms with Crippen LogP contribution in [0.1, 0.15) is 6.92 Å². The molecule has 0 fully saturated rings. The average Bonchev–Trinajstić information content (AvgIpc) is 2.01. The summed E-state index contributed by atoms with van der Waals surface area (Å²) in [6, 6.07) is 1.52. The minimum absolute atomic E-state index is 0.0501. The first-order valence-electron chi connectivity index (χ1n) is 3.73. The predicted molar refractivity (Wildman–Crippen MR) is 40.0 cm³/mol. The third kappa shape index (κ3) is 9.11. The van der Waals surface area contributed by atoms with Crippen LogP contribution in [-0.4, -0.2) is 32.0 Å². The SMILES string of the molecule is CC(C#N)NCCOCC(F)(F)F. The fourth-order valence-electron chi connectivity index (χ4n) is 0.581. The molecule has 0 aromatic carbocycles. The zero-order chi connectivity index (χ0) is 10.3. The average molecular weight is 196 g/mol. The molecule has 0 saturated heterocycles. The summed E-state index contributed by atoms with van der Waals surface area (Å²) in [4.78, 5) is 0. The summed E-state index contributed by atoms with van der Waals surface area (Å²) in [7, 11) is 0. The maximum absolute atomic E-state index is 11.5. The van der Waals surface area contributed by atoms with E-state index in [0.29, 0.717) is 0 Å². The Morgan fingerprint density at radius 2 is 2.15 bits per heavy atom. The van der Waals surface area contributed by atoms with Crippen molar-refractivity contribution in [2.75, 3.05) is 19.8 Å². The number of nitrogens with one attached hydrogen (secondary N) is 1. The minimum atomic E-state index is -4.28. The lowest BCUT2D eigenvalue weighted by atomic mass is 10.4. The van der Waals surface area contributed by atoms with Crippen LogP contribution < -0.4 is 5.32 Å². The standard InChI is InChI=1S/C7H11F3N2O/c1-6(4-11)12-2-3-13-5-7(8,9)10/h6,12H,2-3,5H2,1H3. The molecule has 0 amide bonds. The van der Waals surface area contributed by atoms with Crippen molar-refractivity contribution < 1.29 is 17.9 Å². The molecule has 0 spiro atoms. The Balaban J connectivity index is 3.24. The highest BCUT2D eigenvalue weighted by Crippen LogP contribution is 2.13. The molecule has 0 aromatic rings. The molecule has 0 radical (unpaired) electrons. The van der Waals surface area contributed by atoms with Gasteiger partial charge in [-0.3, -0.25) is 5.32 Å². The first kappa shape index (κ1) is 12.2. The van der Waals surface area contributed by atoms with Crippen LogP contribution in [0.15, 0.2) is 0 Å². The van der Waals surface area contributed by atoms with Crippen molar-refractivity contribution in [1.82, 2.24) is 5.32 Å². The fraction of sp³-hybridized carbons (Fsp3) is 0.857. The van der Waals surface area contributed by atoms with Gasteiger partial charge in [0.1, 0.15) is 6.61 Å². The van der Waals surface area contributed by atoms with Crippen LogP contribution in [0.2, 0.25) is 0 Å². The van der Waals surface area contributed by atoms with Gasteiger partial charge in [-0.2, -0.15) is 18.4 Å². The Kier molecular flexibility index (Phi) is 5.42. The summed E-state index contributed by atoms with van der Waals surface area (Å²) in [6.45, 7) is 0.565. The van der Waals surface area contributed by atoms with E-state index in [1.54, 1.807) is 6.92 Å². The van der Waals surface area contributed by atoms with Crippen LogP contribution >= 0.6 is 0 Å². The maximum atomic E-state index is 11.5. The maximum Gasteiger partial charge on any atom is 0.411 e. The van der Waals surface area contributed by atoms with Crippen LogP contribution in [0.4, 0.5) is 13.2 Å². The minimum Gasteiger partial charge on any atom is -0.371 e. The number of ether oxygens (including phenoxy) is 1. The van der Waals surface area contributed by atoms with E-state index in [9.17, 15) is 13.2 Å². The molecule has 1 atom stereocenters. The van der Waals surface area contributed by atoms with Gasteiger partial charge in [0.2, 0.25) is 0 Å². The normalized spacial score (nSPS) is 13.8.